The van der Waals surface area contributed by atoms with Gasteiger partial charge in [0.25, 0.3) is 5.91 Å². The summed E-state index contributed by atoms with van der Waals surface area (Å²) < 4.78 is 6.72. The van der Waals surface area contributed by atoms with Gasteiger partial charge in [-0.1, -0.05) is 41.7 Å². The molecule has 3 heterocycles. The van der Waals surface area contributed by atoms with E-state index >= 15 is 0 Å². The average molecular weight is 483 g/mol. The third kappa shape index (κ3) is 3.73. The fourth-order valence-corrected chi connectivity index (χ4v) is 5.16. The smallest absolute Gasteiger partial charge is 0.260 e. The highest BCUT2D eigenvalue weighted by Gasteiger charge is 2.23. The molecule has 0 unspecified atom stereocenters. The Labute approximate surface area is 186 Å². The topological polar surface area (TPSA) is 58.6 Å². The van der Waals surface area contributed by atoms with E-state index in [1.54, 1.807) is 17.5 Å². The highest BCUT2D eigenvalue weighted by Crippen LogP contribution is 2.33. The number of rotatable bonds is 4. The highest BCUT2D eigenvalue weighted by molar-refractivity contribution is 9.10. The zero-order valence-corrected chi connectivity index (χ0v) is 18.5. The molecule has 5 rings (SSSR count). The first-order valence-corrected chi connectivity index (χ1v) is 11.3. The molecule has 1 saturated heterocycles. The SMILES string of the molecule is O=C(COc1ccc2ccccc2c1Br)N1CCN(c2nc3cccnc3s2)CC1. The first-order chi connectivity index (χ1) is 14.7. The van der Waals surface area contributed by atoms with Crippen LogP contribution in [0.15, 0.2) is 59.2 Å². The van der Waals surface area contributed by atoms with E-state index < -0.39 is 0 Å². The van der Waals surface area contributed by atoms with Crippen LogP contribution in [0.1, 0.15) is 0 Å². The molecule has 30 heavy (non-hydrogen) atoms. The Bertz CT molecular complexity index is 1190. The van der Waals surface area contributed by atoms with E-state index in [2.05, 4.69) is 36.9 Å². The van der Waals surface area contributed by atoms with Crippen LogP contribution in [0.2, 0.25) is 0 Å². The molecule has 6 nitrogen and oxygen atoms in total. The Kier molecular flexibility index (Phi) is 5.26. The summed E-state index contributed by atoms with van der Waals surface area (Å²) in [5.41, 5.74) is 0.922. The van der Waals surface area contributed by atoms with Crippen molar-refractivity contribution in [3.63, 3.8) is 0 Å². The first kappa shape index (κ1) is 19.3. The van der Waals surface area contributed by atoms with Crippen LogP contribution in [0, 0.1) is 0 Å². The molecular weight excluding hydrogens is 464 g/mol. The summed E-state index contributed by atoms with van der Waals surface area (Å²) in [6.45, 7) is 2.85. The number of carbonyl (C=O) groups is 1. The number of hydrogen-bond donors (Lipinski definition) is 0. The molecule has 4 aromatic rings. The normalized spacial score (nSPS) is 14.4. The van der Waals surface area contributed by atoms with Crippen molar-refractivity contribution in [2.45, 2.75) is 0 Å². The molecule has 0 bridgehead atoms. The van der Waals surface area contributed by atoms with Gasteiger partial charge in [-0.05, 0) is 44.9 Å². The maximum Gasteiger partial charge on any atom is 0.260 e. The summed E-state index contributed by atoms with van der Waals surface area (Å²) in [7, 11) is 0. The van der Waals surface area contributed by atoms with Gasteiger partial charge in [-0.3, -0.25) is 4.79 Å². The average Bonchev–Trinajstić information content (AvgIpc) is 3.23. The lowest BCUT2D eigenvalue weighted by molar-refractivity contribution is -0.133. The van der Waals surface area contributed by atoms with Gasteiger partial charge in [0.15, 0.2) is 11.7 Å². The molecule has 2 aromatic heterocycles. The van der Waals surface area contributed by atoms with Crippen LogP contribution in [0.5, 0.6) is 5.75 Å². The van der Waals surface area contributed by atoms with Crippen LogP contribution in [0.3, 0.4) is 0 Å². The van der Waals surface area contributed by atoms with E-state index in [1.807, 2.05) is 47.4 Å². The number of pyridine rings is 1. The summed E-state index contributed by atoms with van der Waals surface area (Å²) in [5, 5.41) is 3.16. The van der Waals surface area contributed by atoms with E-state index in [0.29, 0.717) is 18.8 Å². The molecular formula is C22H19BrN4O2S. The molecule has 1 fully saturated rings. The Balaban J connectivity index is 1.19. The summed E-state index contributed by atoms with van der Waals surface area (Å²) in [6.07, 6.45) is 1.79. The predicted molar refractivity (Wildman–Crippen MR) is 123 cm³/mol. The van der Waals surface area contributed by atoms with Crippen molar-refractivity contribution in [3.8, 4) is 5.75 Å². The number of carbonyl (C=O) groups excluding carboxylic acids is 1. The number of anilines is 1. The van der Waals surface area contributed by atoms with Crippen molar-refractivity contribution in [3.05, 3.63) is 59.2 Å². The van der Waals surface area contributed by atoms with Crippen LogP contribution in [0.25, 0.3) is 21.1 Å². The highest BCUT2D eigenvalue weighted by atomic mass is 79.9. The first-order valence-electron chi connectivity index (χ1n) is 9.73. The van der Waals surface area contributed by atoms with E-state index in [9.17, 15) is 4.79 Å². The molecule has 1 aliphatic heterocycles. The van der Waals surface area contributed by atoms with Crippen molar-refractivity contribution in [2.24, 2.45) is 0 Å². The van der Waals surface area contributed by atoms with E-state index in [4.69, 9.17) is 4.74 Å². The summed E-state index contributed by atoms with van der Waals surface area (Å²) in [5.74, 6) is 0.684. The zero-order valence-electron chi connectivity index (χ0n) is 16.1. The standard InChI is InChI=1S/C22H19BrN4O2S/c23-20-16-5-2-1-4-15(16)7-8-18(20)29-14-19(28)26-10-12-27(13-11-26)22-25-17-6-3-9-24-21(17)30-22/h1-9H,10-14H2. The number of nitrogens with zero attached hydrogens (tertiary/aromatic N) is 4. The maximum atomic E-state index is 12.7. The quantitative estimate of drug-likeness (QED) is 0.433. The number of aromatic nitrogens is 2. The number of thiazole rings is 1. The zero-order chi connectivity index (χ0) is 20.5. The van der Waals surface area contributed by atoms with Crippen molar-refractivity contribution in [1.29, 1.82) is 0 Å². The number of benzene rings is 2. The molecule has 0 aliphatic carbocycles. The van der Waals surface area contributed by atoms with Crippen molar-refractivity contribution in [1.82, 2.24) is 14.9 Å². The molecule has 2 aromatic carbocycles. The largest absolute Gasteiger partial charge is 0.483 e. The van der Waals surface area contributed by atoms with Crippen LogP contribution in [0.4, 0.5) is 5.13 Å². The van der Waals surface area contributed by atoms with Gasteiger partial charge in [0.2, 0.25) is 0 Å². The van der Waals surface area contributed by atoms with Crippen molar-refractivity contribution >= 4 is 59.4 Å². The Morgan fingerprint density at radius 2 is 1.90 bits per heavy atom. The van der Waals surface area contributed by atoms with Crippen LogP contribution in [-0.4, -0.2) is 53.6 Å². The number of hydrogen-bond acceptors (Lipinski definition) is 6. The summed E-state index contributed by atoms with van der Waals surface area (Å²) in [6, 6.07) is 15.9. The maximum absolute atomic E-state index is 12.7. The van der Waals surface area contributed by atoms with Gasteiger partial charge in [-0.2, -0.15) is 0 Å². The van der Waals surface area contributed by atoms with Crippen molar-refractivity contribution in [2.75, 3.05) is 37.7 Å². The van der Waals surface area contributed by atoms with Gasteiger partial charge in [0.05, 0.1) is 4.47 Å². The molecule has 0 radical (unpaired) electrons. The molecule has 0 spiro atoms. The van der Waals surface area contributed by atoms with E-state index in [-0.39, 0.29) is 12.5 Å². The number of ether oxygens (including phenoxy) is 1. The number of piperazine rings is 1. The summed E-state index contributed by atoms with van der Waals surface area (Å²) >= 11 is 5.20. The van der Waals surface area contributed by atoms with Gasteiger partial charge in [-0.25, -0.2) is 9.97 Å². The number of fused-ring (bicyclic) bond motifs is 2. The molecule has 0 N–H and O–H groups in total. The third-order valence-electron chi connectivity index (χ3n) is 5.24. The Morgan fingerprint density at radius 3 is 2.73 bits per heavy atom. The van der Waals surface area contributed by atoms with Gasteiger partial charge < -0.3 is 14.5 Å². The van der Waals surface area contributed by atoms with Gasteiger partial charge in [-0.15, -0.1) is 0 Å². The lowest BCUT2D eigenvalue weighted by atomic mass is 10.1. The minimum absolute atomic E-state index is 0.000625. The van der Waals surface area contributed by atoms with E-state index in [0.717, 1.165) is 43.8 Å². The number of halogens is 1. The Hall–Kier alpha value is -2.71. The minimum atomic E-state index is 0.000625. The van der Waals surface area contributed by atoms with Crippen LogP contribution < -0.4 is 9.64 Å². The predicted octanol–water partition coefficient (Wildman–Crippen LogP) is 4.33. The fourth-order valence-electron chi connectivity index (χ4n) is 3.60. The van der Waals surface area contributed by atoms with Crippen LogP contribution >= 0.6 is 27.3 Å². The van der Waals surface area contributed by atoms with Crippen LogP contribution in [-0.2, 0) is 4.79 Å². The monoisotopic (exact) mass is 482 g/mol. The van der Waals surface area contributed by atoms with Gasteiger partial charge >= 0.3 is 0 Å². The lowest BCUT2D eigenvalue weighted by Gasteiger charge is -2.34. The lowest BCUT2D eigenvalue weighted by Crippen LogP contribution is -2.50. The molecule has 0 atom stereocenters. The molecule has 1 amide bonds. The molecule has 8 heteroatoms. The second kappa shape index (κ2) is 8.20. The Morgan fingerprint density at radius 1 is 1.07 bits per heavy atom. The van der Waals surface area contributed by atoms with Gasteiger partial charge in [0, 0.05) is 32.4 Å². The molecule has 0 saturated carbocycles. The summed E-state index contributed by atoms with van der Waals surface area (Å²) in [4.78, 5) is 26.7. The van der Waals surface area contributed by atoms with Gasteiger partial charge in [0.1, 0.15) is 16.1 Å². The molecule has 1 aliphatic rings. The van der Waals surface area contributed by atoms with E-state index in [1.165, 1.54) is 0 Å². The second-order valence-electron chi connectivity index (χ2n) is 7.08. The number of amides is 1. The molecule has 152 valence electrons. The minimum Gasteiger partial charge on any atom is -0.483 e. The van der Waals surface area contributed by atoms with Crippen molar-refractivity contribution < 1.29 is 9.53 Å². The second-order valence-corrected chi connectivity index (χ2v) is 8.83. The fraction of sp³-hybridized carbons (Fsp3) is 0.227. The third-order valence-corrected chi connectivity index (χ3v) is 7.09.